The molecule has 2 unspecified atom stereocenters. The standard InChI is InChI=1S/C53H66F6N10O8/c1-51(2,3)44(64-49(73)75-6)47(72)66-68(25-35-16-15-34(21-40(35)54)36(22-60)24-62-48(55)56)28-42(70)41(63-46(71)45(65-50(74)76-7)52(4,5)53(57,58)59)20-32-11-8-31(9-12-32)10-13-33-14-19-43(61-23-33)67-26-37-17-18-38(27-67)69(37)39-29-77-30-39/h8-9,11-12,14-16,19,21-24,37-39,41-42,44-45,48,60,62,70H,17-18,20,25-30H2,1-7H3,(H,63,71)(H,64,73)(H,65,74)(H,66,72)/b36-24+,60-22?/t37?,38?,41-,42-,44+,45+/m0/s1. The SMILES string of the molecule is COC(=O)N[C@H](C(=O)NN(Cc1ccc(/C(C=N)=C/NC(F)F)cc1F)C[C@H](O)[C@H](Cc1ccc(C#Cc2ccc(N3CC4CCC(C3)N4C3COC3)nc2)cc1)NC(=O)[C@@H](NC(=O)OC)C(C)(C)C(F)(F)F)C(C)(C)C. The lowest BCUT2D eigenvalue weighted by Gasteiger charge is -2.47. The van der Waals surface area contributed by atoms with Gasteiger partial charge in [-0.3, -0.25) is 19.9 Å². The second-order valence-electron chi connectivity index (χ2n) is 20.8. The molecule has 2 bridgehead atoms. The number of ether oxygens (including phenoxy) is 3. The molecule has 24 heteroatoms. The highest BCUT2D eigenvalue weighted by Gasteiger charge is 2.56. The molecule has 4 amide bonds. The molecule has 3 aliphatic rings. The smallest absolute Gasteiger partial charge is 0.407 e. The predicted octanol–water partition coefficient (Wildman–Crippen LogP) is 5.48. The summed E-state index contributed by atoms with van der Waals surface area (Å²) in [7, 11) is 1.98. The molecule has 3 aliphatic heterocycles. The number of aromatic nitrogens is 1. The second-order valence-corrected chi connectivity index (χ2v) is 20.8. The number of carbonyl (C=O) groups excluding carboxylic acids is 4. The van der Waals surface area contributed by atoms with Gasteiger partial charge in [0.05, 0.1) is 51.0 Å². The summed E-state index contributed by atoms with van der Waals surface area (Å²) in [5, 5.41) is 29.4. The number of nitrogens with one attached hydrogen (secondary N) is 6. The van der Waals surface area contributed by atoms with Gasteiger partial charge in [-0.25, -0.2) is 24.0 Å². The number of hydrazine groups is 1. The van der Waals surface area contributed by atoms with Gasteiger partial charge in [-0.2, -0.15) is 22.0 Å². The van der Waals surface area contributed by atoms with Gasteiger partial charge in [0.2, 0.25) is 5.91 Å². The number of fused-ring (bicyclic) bond motifs is 2. The van der Waals surface area contributed by atoms with Crippen molar-refractivity contribution in [1.82, 2.24) is 41.6 Å². The number of methoxy groups -OCH3 is 2. The summed E-state index contributed by atoms with van der Waals surface area (Å²) in [6.45, 7) is 5.40. The van der Waals surface area contributed by atoms with E-state index >= 15 is 4.39 Å². The number of benzene rings is 2. The van der Waals surface area contributed by atoms with Crippen molar-refractivity contribution in [3.05, 3.63) is 101 Å². The van der Waals surface area contributed by atoms with Gasteiger partial charge in [0, 0.05) is 79.1 Å². The number of piperazine rings is 1. The molecule has 0 radical (unpaired) electrons. The van der Waals surface area contributed by atoms with Crippen molar-refractivity contribution in [3.63, 3.8) is 0 Å². The molecule has 1 aromatic heterocycles. The number of hydrogen-bond acceptors (Lipinski definition) is 14. The summed E-state index contributed by atoms with van der Waals surface area (Å²) >= 11 is 0. The lowest BCUT2D eigenvalue weighted by atomic mass is 9.82. The van der Waals surface area contributed by atoms with Crippen LogP contribution in [0.5, 0.6) is 0 Å². The van der Waals surface area contributed by atoms with Crippen LogP contribution >= 0.6 is 0 Å². The highest BCUT2D eigenvalue weighted by Crippen LogP contribution is 2.41. The van der Waals surface area contributed by atoms with Gasteiger partial charge in [0.1, 0.15) is 23.7 Å². The Labute approximate surface area is 443 Å². The number of amides is 4. The monoisotopic (exact) mass is 1080 g/mol. The van der Waals surface area contributed by atoms with Crippen molar-refractivity contribution < 1.29 is 64.8 Å². The first-order valence-electron chi connectivity index (χ1n) is 24.8. The van der Waals surface area contributed by atoms with Crippen LogP contribution in [0.3, 0.4) is 0 Å². The third-order valence-electron chi connectivity index (χ3n) is 13.9. The first-order chi connectivity index (χ1) is 36.3. The average Bonchev–Trinajstić information content (AvgIpc) is 3.59. The number of aliphatic hydroxyl groups excluding tert-OH is 1. The summed E-state index contributed by atoms with van der Waals surface area (Å²) in [6.07, 6.45) is -3.93. The maximum absolute atomic E-state index is 16.0. The third kappa shape index (κ3) is 15.4. The van der Waals surface area contributed by atoms with Crippen molar-refractivity contribution in [2.45, 2.75) is 116 Å². The van der Waals surface area contributed by atoms with Gasteiger partial charge in [-0.1, -0.05) is 56.9 Å². The molecule has 7 N–H and O–H groups in total. The van der Waals surface area contributed by atoms with E-state index in [1.807, 2.05) is 17.4 Å². The minimum absolute atomic E-state index is 0.0226. The molecule has 6 atom stereocenters. The highest BCUT2D eigenvalue weighted by molar-refractivity contribution is 6.08. The molecule has 2 aromatic carbocycles. The Hall–Kier alpha value is -6.94. The van der Waals surface area contributed by atoms with Gasteiger partial charge in [-0.15, -0.1) is 0 Å². The van der Waals surface area contributed by atoms with Crippen molar-refractivity contribution in [3.8, 4) is 11.8 Å². The Morgan fingerprint density at radius 3 is 2.00 bits per heavy atom. The number of hydrogen-bond donors (Lipinski definition) is 7. The van der Waals surface area contributed by atoms with E-state index in [4.69, 9.17) is 19.9 Å². The first-order valence-corrected chi connectivity index (χ1v) is 24.8. The van der Waals surface area contributed by atoms with E-state index < -0.39 is 90.7 Å². The molecule has 77 heavy (non-hydrogen) atoms. The maximum atomic E-state index is 16.0. The average molecular weight is 1090 g/mol. The van der Waals surface area contributed by atoms with Crippen LogP contribution < -0.4 is 31.6 Å². The molecule has 0 aliphatic carbocycles. The number of allylic oxidation sites excluding steroid dienone is 1. The zero-order chi connectivity index (χ0) is 56.4. The van der Waals surface area contributed by atoms with Crippen molar-refractivity contribution >= 4 is 41.6 Å². The Morgan fingerprint density at radius 1 is 0.870 bits per heavy atom. The molecule has 4 heterocycles. The van der Waals surface area contributed by atoms with Crippen LogP contribution in [0.1, 0.15) is 75.3 Å². The van der Waals surface area contributed by atoms with Crippen LogP contribution in [-0.4, -0.2) is 152 Å². The molecular formula is C53H66F6N10O8. The minimum Gasteiger partial charge on any atom is -0.453 e. The molecule has 18 nitrogen and oxygen atoms in total. The summed E-state index contributed by atoms with van der Waals surface area (Å²) in [4.78, 5) is 62.6. The topological polar surface area (TPSA) is 223 Å². The predicted molar refractivity (Wildman–Crippen MR) is 273 cm³/mol. The van der Waals surface area contributed by atoms with Crippen LogP contribution in [-0.2, 0) is 36.8 Å². The van der Waals surface area contributed by atoms with Crippen LogP contribution in [0.25, 0.3) is 5.57 Å². The largest absolute Gasteiger partial charge is 0.453 e. The fraction of sp³-hybridized carbons (Fsp3) is 0.509. The number of alkyl halides is 5. The van der Waals surface area contributed by atoms with E-state index in [-0.39, 0.29) is 23.1 Å². The van der Waals surface area contributed by atoms with Crippen LogP contribution in [0.2, 0.25) is 0 Å². The number of alkyl carbamates (subject to hydrolysis) is 2. The fourth-order valence-corrected chi connectivity index (χ4v) is 9.34. The molecular weight excluding hydrogens is 1020 g/mol. The Bertz CT molecular complexity index is 2640. The first kappa shape index (κ1) is 59.3. The molecule has 3 aromatic rings. The van der Waals surface area contributed by atoms with Crippen LogP contribution in [0.4, 0.5) is 41.7 Å². The quantitative estimate of drug-likeness (QED) is 0.0245. The summed E-state index contributed by atoms with van der Waals surface area (Å²) < 4.78 is 100. The molecule has 418 valence electrons. The Kier molecular flexibility index (Phi) is 19.6. The van der Waals surface area contributed by atoms with E-state index in [0.717, 1.165) is 82.7 Å². The normalized spacial score (nSPS) is 18.7. The number of aliphatic hydroxyl groups is 1. The summed E-state index contributed by atoms with van der Waals surface area (Å²) in [6, 6.07) is 10.2. The molecule has 3 saturated heterocycles. The van der Waals surface area contributed by atoms with Crippen molar-refractivity contribution in [1.29, 1.82) is 5.41 Å². The van der Waals surface area contributed by atoms with Crippen molar-refractivity contribution in [2.75, 3.05) is 52.0 Å². The molecule has 3 fully saturated rings. The van der Waals surface area contributed by atoms with Gasteiger partial charge >= 0.3 is 24.9 Å². The van der Waals surface area contributed by atoms with Crippen LogP contribution in [0.15, 0.2) is 67.0 Å². The molecule has 6 rings (SSSR count). The van der Waals surface area contributed by atoms with Crippen molar-refractivity contribution in [2.24, 2.45) is 10.8 Å². The maximum Gasteiger partial charge on any atom is 0.407 e. The van der Waals surface area contributed by atoms with E-state index in [9.17, 15) is 46.2 Å². The Morgan fingerprint density at radius 2 is 1.48 bits per heavy atom. The number of carbonyl (C=O) groups is 4. The van der Waals surface area contributed by atoms with Gasteiger partial charge in [-0.05, 0) is 80.0 Å². The zero-order valence-corrected chi connectivity index (χ0v) is 43.8. The Balaban J connectivity index is 1.27. The zero-order valence-electron chi connectivity index (χ0n) is 43.8. The number of halogens is 6. The van der Waals surface area contributed by atoms with E-state index in [1.54, 1.807) is 56.6 Å². The summed E-state index contributed by atoms with van der Waals surface area (Å²) in [5.41, 5.74) is 0.123. The van der Waals surface area contributed by atoms with Gasteiger partial charge in [0.15, 0.2) is 0 Å². The molecule has 0 saturated carbocycles. The van der Waals surface area contributed by atoms with E-state index in [1.165, 1.54) is 12.1 Å². The number of rotatable bonds is 20. The van der Waals surface area contributed by atoms with Gasteiger partial charge < -0.3 is 50.9 Å². The number of anilines is 1. The third-order valence-corrected chi connectivity index (χ3v) is 13.9. The summed E-state index contributed by atoms with van der Waals surface area (Å²) in [5.74, 6) is 3.88. The van der Waals surface area contributed by atoms with Crippen LogP contribution in [0, 0.1) is 33.9 Å². The number of pyridine rings is 1. The minimum atomic E-state index is -5.06. The fourth-order valence-electron chi connectivity index (χ4n) is 9.34. The highest BCUT2D eigenvalue weighted by atomic mass is 19.4. The van der Waals surface area contributed by atoms with Gasteiger partial charge in [0.25, 0.3) is 5.91 Å². The molecule has 0 spiro atoms. The lowest BCUT2D eigenvalue weighted by molar-refractivity contribution is -0.220. The number of nitrogens with zero attached hydrogens (tertiary/aromatic N) is 4. The second kappa shape index (κ2) is 25.5. The van der Waals surface area contributed by atoms with E-state index in [0.29, 0.717) is 48.7 Å². The lowest BCUT2D eigenvalue weighted by Crippen LogP contribution is -2.63. The van der Waals surface area contributed by atoms with E-state index in [2.05, 4.69) is 42.4 Å².